The zero-order valence-corrected chi connectivity index (χ0v) is 10.2. The van der Waals surface area contributed by atoms with Gasteiger partial charge in [0.15, 0.2) is 0 Å². The largest absolute Gasteiger partial charge is 0.381 e. The molecule has 0 spiro atoms. The van der Waals surface area contributed by atoms with Crippen LogP contribution in [0.4, 0.5) is 5.82 Å². The Bertz CT molecular complexity index is 340. The second-order valence-electron chi connectivity index (χ2n) is 3.92. The fraction of sp³-hybridized carbons (Fsp3) is 0.636. The highest BCUT2D eigenvalue weighted by molar-refractivity contribution is 6.16. The topological polar surface area (TPSA) is 38.2 Å². The maximum absolute atomic E-state index is 5.74. The molecule has 1 saturated heterocycles. The molecule has 4 nitrogen and oxygen atoms in total. The highest BCUT2D eigenvalue weighted by atomic mass is 35.5. The van der Waals surface area contributed by atoms with Crippen molar-refractivity contribution in [3.8, 4) is 0 Å². The highest BCUT2D eigenvalue weighted by Crippen LogP contribution is 2.18. The zero-order chi connectivity index (χ0) is 11.4. The second kappa shape index (κ2) is 5.46. The van der Waals surface area contributed by atoms with Crippen LogP contribution < -0.4 is 4.90 Å². The first-order valence-electron chi connectivity index (χ1n) is 5.48. The monoisotopic (exact) mass is 241 g/mol. The number of methoxy groups -OCH3 is 1. The molecule has 0 bridgehead atoms. The van der Waals surface area contributed by atoms with Crippen LogP contribution in [0, 0.1) is 0 Å². The van der Waals surface area contributed by atoms with Gasteiger partial charge in [-0.25, -0.2) is 4.98 Å². The Labute approximate surface area is 101 Å². The number of ether oxygens (including phenoxy) is 1. The van der Waals surface area contributed by atoms with Crippen LogP contribution in [0.25, 0.3) is 0 Å². The lowest BCUT2D eigenvalue weighted by atomic mass is 10.1. The smallest absolute Gasteiger partial charge is 0.147 e. The molecule has 0 saturated carbocycles. The molecule has 1 aliphatic rings. The lowest BCUT2D eigenvalue weighted by Gasteiger charge is -2.31. The van der Waals surface area contributed by atoms with Crippen molar-refractivity contribution in [2.75, 3.05) is 25.1 Å². The molecular formula is C11H16ClN3O. The summed E-state index contributed by atoms with van der Waals surface area (Å²) in [6.07, 6.45) is 5.98. The van der Waals surface area contributed by atoms with E-state index in [2.05, 4.69) is 14.9 Å². The molecular weight excluding hydrogens is 226 g/mol. The first kappa shape index (κ1) is 11.6. The number of hydrogen-bond donors (Lipinski definition) is 0. The summed E-state index contributed by atoms with van der Waals surface area (Å²) in [4.78, 5) is 10.8. The molecule has 1 fully saturated rings. The van der Waals surface area contributed by atoms with Gasteiger partial charge in [-0.3, -0.25) is 4.98 Å². The van der Waals surface area contributed by atoms with Crippen molar-refractivity contribution in [1.29, 1.82) is 0 Å². The molecule has 0 N–H and O–H groups in total. The number of aromatic nitrogens is 2. The number of hydrogen-bond acceptors (Lipinski definition) is 4. The standard InChI is InChI=1S/C11H16ClN3O/c1-16-10-2-4-15(5-3-10)11-8-13-7-9(6-12)14-11/h7-8,10H,2-6H2,1H3. The summed E-state index contributed by atoms with van der Waals surface area (Å²) in [5.74, 6) is 1.34. The molecule has 0 unspecified atom stereocenters. The second-order valence-corrected chi connectivity index (χ2v) is 4.19. The molecule has 5 heteroatoms. The van der Waals surface area contributed by atoms with Crippen molar-refractivity contribution in [2.24, 2.45) is 0 Å². The van der Waals surface area contributed by atoms with Gasteiger partial charge in [-0.1, -0.05) is 0 Å². The number of piperidine rings is 1. The van der Waals surface area contributed by atoms with Gasteiger partial charge in [0, 0.05) is 26.4 Å². The maximum atomic E-state index is 5.74. The molecule has 1 aromatic rings. The quantitative estimate of drug-likeness (QED) is 0.757. The van der Waals surface area contributed by atoms with Crippen molar-refractivity contribution in [3.05, 3.63) is 18.1 Å². The summed E-state index contributed by atoms with van der Waals surface area (Å²) in [7, 11) is 1.77. The molecule has 0 amide bonds. The molecule has 2 rings (SSSR count). The van der Waals surface area contributed by atoms with E-state index in [0.717, 1.165) is 37.4 Å². The Balaban J connectivity index is 2.02. The number of anilines is 1. The Hall–Kier alpha value is -0.870. The lowest BCUT2D eigenvalue weighted by molar-refractivity contribution is 0.0818. The van der Waals surface area contributed by atoms with Crippen LogP contribution in [0.2, 0.25) is 0 Å². The summed E-state index contributed by atoms with van der Waals surface area (Å²) in [5, 5.41) is 0. The van der Waals surface area contributed by atoms with Crippen molar-refractivity contribution in [3.63, 3.8) is 0 Å². The number of nitrogens with zero attached hydrogens (tertiary/aromatic N) is 3. The minimum Gasteiger partial charge on any atom is -0.381 e. The van der Waals surface area contributed by atoms with Crippen molar-refractivity contribution in [1.82, 2.24) is 9.97 Å². The molecule has 0 aliphatic carbocycles. The van der Waals surface area contributed by atoms with E-state index in [1.807, 2.05) is 0 Å². The fourth-order valence-electron chi connectivity index (χ4n) is 1.93. The first-order chi connectivity index (χ1) is 7.83. The lowest BCUT2D eigenvalue weighted by Crippen LogP contribution is -2.37. The van der Waals surface area contributed by atoms with Gasteiger partial charge in [0.05, 0.1) is 23.9 Å². The van der Waals surface area contributed by atoms with Crippen LogP contribution in [0.3, 0.4) is 0 Å². The van der Waals surface area contributed by atoms with Gasteiger partial charge >= 0.3 is 0 Å². The predicted octanol–water partition coefficient (Wildman–Crippen LogP) is 1.83. The number of alkyl halides is 1. The van der Waals surface area contributed by atoms with E-state index in [0.29, 0.717) is 12.0 Å². The summed E-state index contributed by atoms with van der Waals surface area (Å²) >= 11 is 5.74. The summed E-state index contributed by atoms with van der Waals surface area (Å²) in [6.45, 7) is 1.94. The third-order valence-electron chi connectivity index (χ3n) is 2.91. The van der Waals surface area contributed by atoms with Crippen LogP contribution in [0.5, 0.6) is 0 Å². The highest BCUT2D eigenvalue weighted by Gasteiger charge is 2.19. The van der Waals surface area contributed by atoms with Gasteiger partial charge in [-0.05, 0) is 12.8 Å². The third kappa shape index (κ3) is 2.62. The van der Waals surface area contributed by atoms with E-state index in [9.17, 15) is 0 Å². The van der Waals surface area contributed by atoms with Gasteiger partial charge < -0.3 is 9.64 Å². The minimum absolute atomic E-state index is 0.389. The van der Waals surface area contributed by atoms with Crippen LogP contribution >= 0.6 is 11.6 Å². The van der Waals surface area contributed by atoms with Gasteiger partial charge in [0.2, 0.25) is 0 Å². The SMILES string of the molecule is COC1CCN(c2cncc(CCl)n2)CC1. The van der Waals surface area contributed by atoms with E-state index < -0.39 is 0 Å². The normalized spacial score (nSPS) is 17.8. The van der Waals surface area contributed by atoms with Crippen molar-refractivity contribution < 1.29 is 4.74 Å². The molecule has 16 heavy (non-hydrogen) atoms. The van der Waals surface area contributed by atoms with Crippen molar-refractivity contribution in [2.45, 2.75) is 24.8 Å². The van der Waals surface area contributed by atoms with Crippen LogP contribution in [-0.2, 0) is 10.6 Å². The minimum atomic E-state index is 0.389. The summed E-state index contributed by atoms with van der Waals surface area (Å²) < 4.78 is 5.34. The predicted molar refractivity (Wildman–Crippen MR) is 63.8 cm³/mol. The van der Waals surface area contributed by atoms with Crippen LogP contribution in [0.15, 0.2) is 12.4 Å². The van der Waals surface area contributed by atoms with Crippen molar-refractivity contribution >= 4 is 17.4 Å². The van der Waals surface area contributed by atoms with Gasteiger partial charge in [0.1, 0.15) is 5.82 Å². The summed E-state index contributed by atoms with van der Waals surface area (Å²) in [6, 6.07) is 0. The number of halogens is 1. The Kier molecular flexibility index (Phi) is 3.96. The van der Waals surface area contributed by atoms with E-state index in [-0.39, 0.29) is 0 Å². The Morgan fingerprint density at radius 2 is 2.19 bits per heavy atom. The molecule has 88 valence electrons. The summed E-state index contributed by atoms with van der Waals surface area (Å²) in [5.41, 5.74) is 0.827. The Morgan fingerprint density at radius 1 is 1.44 bits per heavy atom. The molecule has 1 aliphatic heterocycles. The van der Waals surface area contributed by atoms with E-state index in [1.165, 1.54) is 0 Å². The van der Waals surface area contributed by atoms with Gasteiger partial charge in [0.25, 0.3) is 0 Å². The average molecular weight is 242 g/mol. The molecule has 1 aromatic heterocycles. The Morgan fingerprint density at radius 3 is 2.81 bits per heavy atom. The number of rotatable bonds is 3. The molecule has 0 aromatic carbocycles. The zero-order valence-electron chi connectivity index (χ0n) is 9.40. The van der Waals surface area contributed by atoms with Crippen LogP contribution in [-0.4, -0.2) is 36.3 Å². The first-order valence-corrected chi connectivity index (χ1v) is 6.01. The maximum Gasteiger partial charge on any atom is 0.147 e. The molecule has 0 radical (unpaired) electrons. The third-order valence-corrected chi connectivity index (χ3v) is 3.18. The van der Waals surface area contributed by atoms with E-state index in [4.69, 9.17) is 16.3 Å². The van der Waals surface area contributed by atoms with Crippen LogP contribution in [0.1, 0.15) is 18.5 Å². The van der Waals surface area contributed by atoms with E-state index >= 15 is 0 Å². The molecule has 0 atom stereocenters. The molecule has 2 heterocycles. The fourth-order valence-corrected chi connectivity index (χ4v) is 2.06. The van der Waals surface area contributed by atoms with E-state index in [1.54, 1.807) is 19.5 Å². The average Bonchev–Trinajstić information content (AvgIpc) is 2.39. The van der Waals surface area contributed by atoms with Gasteiger partial charge in [-0.15, -0.1) is 11.6 Å². The van der Waals surface area contributed by atoms with Gasteiger partial charge in [-0.2, -0.15) is 0 Å².